The normalized spacial score (nSPS) is 10.8. The molecule has 1 aromatic carbocycles. The van der Waals surface area contributed by atoms with Crippen molar-refractivity contribution < 1.29 is 14.3 Å². The van der Waals surface area contributed by atoms with Gasteiger partial charge in [0.15, 0.2) is 5.16 Å². The summed E-state index contributed by atoms with van der Waals surface area (Å²) in [6, 6.07) is 10.0. The number of aryl methyl sites for hydroxylation is 1. The summed E-state index contributed by atoms with van der Waals surface area (Å²) in [5.41, 5.74) is 2.39. The van der Waals surface area contributed by atoms with Crippen molar-refractivity contribution in [2.75, 3.05) is 18.2 Å². The zero-order chi connectivity index (χ0) is 21.0. The maximum atomic E-state index is 12.4. The van der Waals surface area contributed by atoms with Crippen LogP contribution in [0.1, 0.15) is 32.2 Å². The largest absolute Gasteiger partial charge is 0.465 e. The summed E-state index contributed by atoms with van der Waals surface area (Å²) in [6.45, 7) is 3.75. The third-order valence-corrected chi connectivity index (χ3v) is 6.63. The van der Waals surface area contributed by atoms with Gasteiger partial charge in [0.2, 0.25) is 5.91 Å². The minimum absolute atomic E-state index is 0.161. The fourth-order valence-corrected chi connectivity index (χ4v) is 4.55. The molecule has 152 valence electrons. The molecule has 3 aromatic rings. The van der Waals surface area contributed by atoms with Crippen LogP contribution in [0.15, 0.2) is 35.5 Å². The standard InChI is InChI=1S/C20H22N4O3S2/c1-12-13(2)29-18(17(12)19(26)27-4)21-16(25)11-28-20-23-22-15(24(20)3)10-14-8-6-5-7-9-14/h5-9H,10-11H2,1-4H3,(H,21,25). The molecule has 0 spiro atoms. The highest BCUT2D eigenvalue weighted by Gasteiger charge is 2.22. The van der Waals surface area contributed by atoms with Gasteiger partial charge >= 0.3 is 5.97 Å². The van der Waals surface area contributed by atoms with Gasteiger partial charge in [0.05, 0.1) is 18.4 Å². The Morgan fingerprint density at radius 1 is 1.21 bits per heavy atom. The van der Waals surface area contributed by atoms with E-state index >= 15 is 0 Å². The number of ether oxygens (including phenoxy) is 1. The zero-order valence-electron chi connectivity index (χ0n) is 16.7. The highest BCUT2D eigenvalue weighted by molar-refractivity contribution is 7.99. The van der Waals surface area contributed by atoms with Crippen LogP contribution in [0, 0.1) is 13.8 Å². The molecule has 1 amide bonds. The lowest BCUT2D eigenvalue weighted by molar-refractivity contribution is -0.113. The van der Waals surface area contributed by atoms with Crippen molar-refractivity contribution in [1.29, 1.82) is 0 Å². The second-order valence-corrected chi connectivity index (χ2v) is 8.60. The lowest BCUT2D eigenvalue weighted by Gasteiger charge is -2.06. The second-order valence-electron chi connectivity index (χ2n) is 6.44. The van der Waals surface area contributed by atoms with Crippen LogP contribution in [0.4, 0.5) is 5.00 Å². The number of anilines is 1. The van der Waals surface area contributed by atoms with E-state index in [-0.39, 0.29) is 11.7 Å². The zero-order valence-corrected chi connectivity index (χ0v) is 18.3. The Hall–Kier alpha value is -2.65. The lowest BCUT2D eigenvalue weighted by Crippen LogP contribution is -2.16. The van der Waals surface area contributed by atoms with Gasteiger partial charge in [-0.1, -0.05) is 42.1 Å². The first-order chi connectivity index (χ1) is 13.9. The van der Waals surface area contributed by atoms with Crippen LogP contribution in [-0.2, 0) is 23.0 Å². The fraction of sp³-hybridized carbons (Fsp3) is 0.300. The molecule has 0 aliphatic rings. The summed E-state index contributed by atoms with van der Waals surface area (Å²) in [5, 5.41) is 12.4. The number of rotatable bonds is 7. The third-order valence-electron chi connectivity index (χ3n) is 4.49. The Labute approximate surface area is 177 Å². The second kappa shape index (κ2) is 9.23. The number of aromatic nitrogens is 3. The van der Waals surface area contributed by atoms with Crippen LogP contribution >= 0.6 is 23.1 Å². The molecule has 0 aliphatic carbocycles. The van der Waals surface area contributed by atoms with Crippen LogP contribution < -0.4 is 5.32 Å². The first kappa shape index (κ1) is 21.1. The van der Waals surface area contributed by atoms with Gasteiger partial charge in [0.1, 0.15) is 10.8 Å². The van der Waals surface area contributed by atoms with Crippen LogP contribution in [0.3, 0.4) is 0 Å². The molecule has 0 saturated carbocycles. The molecule has 29 heavy (non-hydrogen) atoms. The highest BCUT2D eigenvalue weighted by Crippen LogP contribution is 2.33. The third kappa shape index (κ3) is 4.86. The van der Waals surface area contributed by atoms with Gasteiger partial charge in [-0.25, -0.2) is 4.79 Å². The summed E-state index contributed by atoms with van der Waals surface area (Å²) in [7, 11) is 3.22. The van der Waals surface area contributed by atoms with Crippen molar-refractivity contribution >= 4 is 40.0 Å². The van der Waals surface area contributed by atoms with E-state index in [0.29, 0.717) is 22.1 Å². The highest BCUT2D eigenvalue weighted by atomic mass is 32.2. The van der Waals surface area contributed by atoms with Crippen LogP contribution in [0.5, 0.6) is 0 Å². The van der Waals surface area contributed by atoms with Crippen molar-refractivity contribution in [3.8, 4) is 0 Å². The lowest BCUT2D eigenvalue weighted by atomic mass is 10.1. The summed E-state index contributed by atoms with van der Waals surface area (Å²) in [5.74, 6) is 0.327. The maximum absolute atomic E-state index is 12.4. The monoisotopic (exact) mass is 430 g/mol. The first-order valence-electron chi connectivity index (χ1n) is 8.93. The van der Waals surface area contributed by atoms with Crippen LogP contribution in [0.25, 0.3) is 0 Å². The van der Waals surface area contributed by atoms with Crippen molar-refractivity contribution in [3.63, 3.8) is 0 Å². The van der Waals surface area contributed by atoms with E-state index in [2.05, 4.69) is 15.5 Å². The summed E-state index contributed by atoms with van der Waals surface area (Å²) < 4.78 is 6.73. The number of nitrogens with zero attached hydrogens (tertiary/aromatic N) is 3. The molecule has 2 heterocycles. The van der Waals surface area contributed by atoms with Gasteiger partial charge in [-0.15, -0.1) is 21.5 Å². The molecule has 7 nitrogen and oxygen atoms in total. The Kier molecular flexibility index (Phi) is 6.71. The molecule has 0 fully saturated rings. The van der Waals surface area contributed by atoms with E-state index in [4.69, 9.17) is 4.74 Å². The number of nitrogens with one attached hydrogen (secondary N) is 1. The van der Waals surface area contributed by atoms with E-state index in [1.807, 2.05) is 55.8 Å². The number of hydrogen-bond acceptors (Lipinski definition) is 7. The molecule has 1 N–H and O–H groups in total. The molecule has 2 aromatic heterocycles. The number of esters is 1. The Balaban J connectivity index is 1.63. The number of thiophene rings is 1. The molecule has 0 unspecified atom stereocenters. The molecule has 9 heteroatoms. The smallest absolute Gasteiger partial charge is 0.341 e. The molecule has 0 bridgehead atoms. The number of amides is 1. The summed E-state index contributed by atoms with van der Waals surface area (Å²) >= 11 is 2.67. The number of thioether (sulfide) groups is 1. The molecular weight excluding hydrogens is 408 g/mol. The molecule has 0 aliphatic heterocycles. The Bertz CT molecular complexity index is 1030. The Morgan fingerprint density at radius 2 is 1.93 bits per heavy atom. The van der Waals surface area contributed by atoms with Gasteiger partial charge < -0.3 is 14.6 Å². The fourth-order valence-electron chi connectivity index (χ4n) is 2.76. The topological polar surface area (TPSA) is 86.1 Å². The van der Waals surface area contributed by atoms with E-state index < -0.39 is 5.97 Å². The number of benzene rings is 1. The number of carbonyl (C=O) groups excluding carboxylic acids is 2. The predicted octanol–water partition coefficient (Wildman–Crippen LogP) is 3.60. The summed E-state index contributed by atoms with van der Waals surface area (Å²) in [4.78, 5) is 25.4. The average molecular weight is 431 g/mol. The first-order valence-corrected chi connectivity index (χ1v) is 10.7. The average Bonchev–Trinajstić information content (AvgIpc) is 3.19. The quantitative estimate of drug-likeness (QED) is 0.455. The molecule has 3 rings (SSSR count). The molecule has 0 atom stereocenters. The van der Waals surface area contributed by atoms with Crippen LogP contribution in [0.2, 0.25) is 0 Å². The Morgan fingerprint density at radius 3 is 2.62 bits per heavy atom. The molecule has 0 saturated heterocycles. The van der Waals surface area contributed by atoms with Gasteiger partial charge in [-0.05, 0) is 25.0 Å². The van der Waals surface area contributed by atoms with Crippen molar-refractivity contribution in [1.82, 2.24) is 14.8 Å². The number of carbonyl (C=O) groups is 2. The van der Waals surface area contributed by atoms with Crippen molar-refractivity contribution in [2.45, 2.75) is 25.4 Å². The van der Waals surface area contributed by atoms with E-state index in [9.17, 15) is 9.59 Å². The van der Waals surface area contributed by atoms with Crippen molar-refractivity contribution in [3.05, 3.63) is 57.7 Å². The maximum Gasteiger partial charge on any atom is 0.341 e. The van der Waals surface area contributed by atoms with Gasteiger partial charge in [0, 0.05) is 18.3 Å². The molecule has 0 radical (unpaired) electrons. The SMILES string of the molecule is COC(=O)c1c(NC(=O)CSc2nnc(Cc3ccccc3)n2C)sc(C)c1C. The molecular formula is C20H22N4O3S2. The van der Waals surface area contributed by atoms with E-state index in [0.717, 1.165) is 21.8 Å². The summed E-state index contributed by atoms with van der Waals surface area (Å²) in [6.07, 6.45) is 0.674. The minimum atomic E-state index is -0.450. The number of methoxy groups -OCH3 is 1. The predicted molar refractivity (Wildman–Crippen MR) is 115 cm³/mol. The van der Waals surface area contributed by atoms with Crippen LogP contribution in [-0.4, -0.2) is 39.5 Å². The van der Waals surface area contributed by atoms with Crippen molar-refractivity contribution in [2.24, 2.45) is 7.05 Å². The van der Waals surface area contributed by atoms with E-state index in [1.54, 1.807) is 0 Å². The van der Waals surface area contributed by atoms with E-state index in [1.165, 1.54) is 30.2 Å². The number of hydrogen-bond donors (Lipinski definition) is 1. The minimum Gasteiger partial charge on any atom is -0.465 e. The van der Waals surface area contributed by atoms with Gasteiger partial charge in [-0.2, -0.15) is 0 Å². The van der Waals surface area contributed by atoms with Gasteiger partial charge in [-0.3, -0.25) is 4.79 Å². The van der Waals surface area contributed by atoms with Gasteiger partial charge in [0.25, 0.3) is 0 Å².